The van der Waals surface area contributed by atoms with Crippen LogP contribution in [0.4, 0.5) is 0 Å². The first kappa shape index (κ1) is 17.4. The molecule has 2 aromatic carbocycles. The Labute approximate surface area is 151 Å². The average Bonchev–Trinajstić information content (AvgIpc) is 3.02. The number of benzene rings is 2. The lowest BCUT2D eigenvalue weighted by atomic mass is 10.2. The first-order chi connectivity index (χ1) is 12.1. The van der Waals surface area contributed by atoms with E-state index in [-0.39, 0.29) is 11.2 Å². The quantitative estimate of drug-likeness (QED) is 0.685. The van der Waals surface area contributed by atoms with E-state index in [2.05, 4.69) is 9.97 Å². The zero-order valence-electron chi connectivity index (χ0n) is 14.5. The Bertz CT molecular complexity index is 863. The highest BCUT2D eigenvalue weighted by Gasteiger charge is 2.20. The van der Waals surface area contributed by atoms with Gasteiger partial charge in [-0.2, -0.15) is 0 Å². The number of carbonyl (C=O) groups is 1. The van der Waals surface area contributed by atoms with Crippen LogP contribution >= 0.6 is 11.8 Å². The average molecular weight is 355 g/mol. The third kappa shape index (κ3) is 4.14. The minimum Gasteiger partial charge on any atom is -0.497 e. The van der Waals surface area contributed by atoms with Crippen molar-refractivity contribution in [2.45, 2.75) is 23.9 Å². The van der Waals surface area contributed by atoms with E-state index >= 15 is 0 Å². The molecule has 3 rings (SSSR count). The van der Waals surface area contributed by atoms with Crippen LogP contribution in [0.25, 0.3) is 11.0 Å². The Morgan fingerprint density at radius 3 is 2.76 bits per heavy atom. The molecule has 1 aromatic heterocycles. The molecule has 0 bridgehead atoms. The number of methoxy groups -OCH3 is 1. The van der Waals surface area contributed by atoms with Crippen molar-refractivity contribution in [2.75, 3.05) is 14.2 Å². The molecule has 1 N–H and O–H groups in total. The lowest BCUT2D eigenvalue weighted by Gasteiger charge is -2.20. The summed E-state index contributed by atoms with van der Waals surface area (Å²) in [5.74, 6) is 0.853. The minimum absolute atomic E-state index is 0.0758. The second kappa shape index (κ2) is 7.61. The van der Waals surface area contributed by atoms with E-state index in [9.17, 15) is 4.79 Å². The molecular weight excluding hydrogens is 334 g/mol. The maximum absolute atomic E-state index is 12.6. The fourth-order valence-corrected chi connectivity index (χ4v) is 3.55. The molecule has 25 heavy (non-hydrogen) atoms. The molecule has 0 saturated heterocycles. The van der Waals surface area contributed by atoms with Crippen molar-refractivity contribution in [3.63, 3.8) is 0 Å². The second-order valence-electron chi connectivity index (χ2n) is 5.87. The molecule has 3 aromatic rings. The van der Waals surface area contributed by atoms with Crippen LogP contribution in [0.2, 0.25) is 0 Å². The number of thioether (sulfide) groups is 1. The largest absolute Gasteiger partial charge is 0.497 e. The smallest absolute Gasteiger partial charge is 0.235 e. The fraction of sp³-hybridized carbons (Fsp3) is 0.263. The molecule has 130 valence electrons. The van der Waals surface area contributed by atoms with Crippen molar-refractivity contribution in [1.29, 1.82) is 0 Å². The Hall–Kier alpha value is -2.47. The maximum atomic E-state index is 12.6. The number of amides is 1. The molecule has 5 nitrogen and oxygen atoms in total. The van der Waals surface area contributed by atoms with Gasteiger partial charge < -0.3 is 14.6 Å². The number of hydrogen-bond acceptors (Lipinski definition) is 4. The monoisotopic (exact) mass is 355 g/mol. The van der Waals surface area contributed by atoms with Gasteiger partial charge in [0.15, 0.2) is 5.16 Å². The summed E-state index contributed by atoms with van der Waals surface area (Å²) >= 11 is 1.43. The maximum Gasteiger partial charge on any atom is 0.235 e. The molecule has 1 atom stereocenters. The molecule has 0 radical (unpaired) electrons. The van der Waals surface area contributed by atoms with Crippen LogP contribution in [0, 0.1) is 0 Å². The third-order valence-corrected chi connectivity index (χ3v) is 4.91. The van der Waals surface area contributed by atoms with E-state index in [1.165, 1.54) is 11.8 Å². The Morgan fingerprint density at radius 1 is 1.28 bits per heavy atom. The summed E-state index contributed by atoms with van der Waals surface area (Å²) in [7, 11) is 3.46. The predicted molar refractivity (Wildman–Crippen MR) is 101 cm³/mol. The van der Waals surface area contributed by atoms with Gasteiger partial charge in [-0.15, -0.1) is 0 Å². The molecule has 6 heteroatoms. The van der Waals surface area contributed by atoms with Crippen molar-refractivity contribution in [2.24, 2.45) is 0 Å². The number of nitrogens with one attached hydrogen (secondary N) is 1. The van der Waals surface area contributed by atoms with Gasteiger partial charge in [0, 0.05) is 19.7 Å². The Balaban J connectivity index is 1.66. The van der Waals surface area contributed by atoms with E-state index in [1.54, 1.807) is 12.0 Å². The predicted octanol–water partition coefficient (Wildman–Crippen LogP) is 3.71. The summed E-state index contributed by atoms with van der Waals surface area (Å²) in [5.41, 5.74) is 2.88. The van der Waals surface area contributed by atoms with Gasteiger partial charge in [-0.25, -0.2) is 4.98 Å². The van der Waals surface area contributed by atoms with Crippen molar-refractivity contribution in [3.8, 4) is 5.75 Å². The van der Waals surface area contributed by atoms with Gasteiger partial charge in [-0.05, 0) is 24.6 Å². The van der Waals surface area contributed by atoms with Crippen molar-refractivity contribution >= 4 is 28.7 Å². The van der Waals surface area contributed by atoms with Crippen LogP contribution in [0.3, 0.4) is 0 Å². The van der Waals surface area contributed by atoms with Crippen molar-refractivity contribution < 1.29 is 9.53 Å². The highest BCUT2D eigenvalue weighted by Crippen LogP contribution is 2.26. The summed E-state index contributed by atoms with van der Waals surface area (Å²) in [6.07, 6.45) is 0. The SMILES string of the molecule is COc1ccc2nc(S[C@@H](C)C(=O)N(C)Cc3ccccc3)[nH]c2c1. The standard InChI is InChI=1S/C19H21N3O2S/c1-13(18(23)22(2)12-14-7-5-4-6-8-14)25-19-20-16-10-9-15(24-3)11-17(16)21-19/h4-11,13H,12H2,1-3H3,(H,20,21)/t13-/m0/s1. The highest BCUT2D eigenvalue weighted by atomic mass is 32.2. The van der Waals surface area contributed by atoms with Gasteiger partial charge in [-0.3, -0.25) is 4.79 Å². The summed E-state index contributed by atoms with van der Waals surface area (Å²) in [6.45, 7) is 2.50. The summed E-state index contributed by atoms with van der Waals surface area (Å²) in [4.78, 5) is 22.1. The topological polar surface area (TPSA) is 58.2 Å². The molecule has 0 unspecified atom stereocenters. The molecular formula is C19H21N3O2S. The number of rotatable bonds is 6. The van der Waals surface area contributed by atoms with E-state index in [1.807, 2.05) is 62.5 Å². The lowest BCUT2D eigenvalue weighted by molar-refractivity contribution is -0.129. The van der Waals surface area contributed by atoms with E-state index in [0.29, 0.717) is 6.54 Å². The Morgan fingerprint density at radius 2 is 2.04 bits per heavy atom. The number of imidazole rings is 1. The van der Waals surface area contributed by atoms with Crippen LogP contribution < -0.4 is 4.74 Å². The number of H-pyrrole nitrogens is 1. The summed E-state index contributed by atoms with van der Waals surface area (Å²) in [5, 5.41) is 0.508. The number of nitrogens with zero attached hydrogens (tertiary/aromatic N) is 2. The number of aromatic amines is 1. The molecule has 1 heterocycles. The summed E-state index contributed by atoms with van der Waals surface area (Å²) in [6, 6.07) is 15.7. The molecule has 0 aliphatic heterocycles. The fourth-order valence-electron chi connectivity index (χ4n) is 2.61. The van der Waals surface area contributed by atoms with Crippen molar-refractivity contribution in [3.05, 3.63) is 54.1 Å². The number of carbonyl (C=O) groups excluding carboxylic acids is 1. The molecule has 1 amide bonds. The summed E-state index contributed by atoms with van der Waals surface area (Å²) < 4.78 is 5.22. The number of aromatic nitrogens is 2. The first-order valence-electron chi connectivity index (χ1n) is 8.06. The number of hydrogen-bond donors (Lipinski definition) is 1. The van der Waals surface area contributed by atoms with Crippen LogP contribution in [0.1, 0.15) is 12.5 Å². The second-order valence-corrected chi connectivity index (χ2v) is 7.19. The van der Waals surface area contributed by atoms with Gasteiger partial charge in [-0.1, -0.05) is 42.1 Å². The zero-order valence-corrected chi connectivity index (χ0v) is 15.3. The van der Waals surface area contributed by atoms with E-state index in [4.69, 9.17) is 4.74 Å². The number of ether oxygens (including phenoxy) is 1. The van der Waals surface area contributed by atoms with Gasteiger partial charge in [0.2, 0.25) is 5.91 Å². The molecule has 0 aliphatic rings. The number of fused-ring (bicyclic) bond motifs is 1. The van der Waals surface area contributed by atoms with Gasteiger partial charge >= 0.3 is 0 Å². The van der Waals surface area contributed by atoms with E-state index < -0.39 is 0 Å². The highest BCUT2D eigenvalue weighted by molar-refractivity contribution is 8.00. The lowest BCUT2D eigenvalue weighted by Crippen LogP contribution is -2.32. The molecule has 0 fully saturated rings. The van der Waals surface area contributed by atoms with Gasteiger partial charge in [0.05, 0.1) is 23.4 Å². The van der Waals surface area contributed by atoms with Crippen LogP contribution in [-0.2, 0) is 11.3 Å². The minimum atomic E-state index is -0.226. The van der Waals surface area contributed by atoms with Gasteiger partial charge in [0.1, 0.15) is 5.75 Å². The van der Waals surface area contributed by atoms with Crippen LogP contribution in [0.5, 0.6) is 5.75 Å². The first-order valence-corrected chi connectivity index (χ1v) is 8.94. The van der Waals surface area contributed by atoms with Gasteiger partial charge in [0.25, 0.3) is 0 Å². The zero-order chi connectivity index (χ0) is 17.8. The van der Waals surface area contributed by atoms with Crippen LogP contribution in [-0.4, -0.2) is 40.2 Å². The Kier molecular flexibility index (Phi) is 5.28. The van der Waals surface area contributed by atoms with Crippen LogP contribution in [0.15, 0.2) is 53.7 Å². The molecule has 0 aliphatic carbocycles. The third-order valence-electron chi connectivity index (χ3n) is 3.94. The van der Waals surface area contributed by atoms with E-state index in [0.717, 1.165) is 27.5 Å². The normalized spacial score (nSPS) is 12.1. The molecule has 0 saturated carbocycles. The molecule has 0 spiro atoms. The van der Waals surface area contributed by atoms with Crippen molar-refractivity contribution in [1.82, 2.24) is 14.9 Å².